The van der Waals surface area contributed by atoms with E-state index in [9.17, 15) is 22.6 Å². The molecule has 0 spiro atoms. The molecule has 2 heterocycles. The van der Waals surface area contributed by atoms with Gasteiger partial charge in [0.25, 0.3) is 10.1 Å². The van der Waals surface area contributed by atoms with E-state index in [1.165, 1.54) is 24.0 Å². The van der Waals surface area contributed by atoms with Crippen LogP contribution in [-0.4, -0.2) is 43.0 Å². The summed E-state index contributed by atoms with van der Waals surface area (Å²) in [4.78, 5) is 27.4. The van der Waals surface area contributed by atoms with Gasteiger partial charge in [0.1, 0.15) is 10.6 Å². The van der Waals surface area contributed by atoms with E-state index in [0.29, 0.717) is 24.0 Å². The Balaban J connectivity index is 2.31. The molecule has 128 valence electrons. The first-order valence-corrected chi connectivity index (χ1v) is 8.79. The number of amides is 1. The molecule has 3 rings (SSSR count). The smallest absolute Gasteiger partial charge is 0.354 e. The van der Waals surface area contributed by atoms with Crippen molar-refractivity contribution in [3.05, 3.63) is 23.4 Å². The second-order valence-electron chi connectivity index (χ2n) is 5.46. The van der Waals surface area contributed by atoms with Crippen molar-refractivity contribution in [2.75, 3.05) is 18.1 Å². The molecule has 2 aromatic rings. The van der Waals surface area contributed by atoms with Crippen LogP contribution in [0.25, 0.3) is 10.9 Å². The molecule has 0 saturated carbocycles. The first-order valence-electron chi connectivity index (χ1n) is 7.35. The number of rotatable bonds is 3. The number of aromatic nitrogens is 1. The number of hydrogen-bond acceptors (Lipinski definition) is 5. The fraction of sp³-hybridized carbons (Fsp3) is 0.333. The van der Waals surface area contributed by atoms with E-state index in [2.05, 4.69) is 4.98 Å². The highest BCUT2D eigenvalue weighted by Crippen LogP contribution is 2.38. The van der Waals surface area contributed by atoms with Crippen LogP contribution in [0, 0.1) is 0 Å². The number of carbonyl (C=O) groups is 2. The third-order valence-corrected chi connectivity index (χ3v) is 4.87. The summed E-state index contributed by atoms with van der Waals surface area (Å²) < 4.78 is 37.9. The SMILES string of the molecule is CCOC(=O)c1cc2c3c(cc(S(=O)(=O)O)c2[nH]1)N(C(C)=O)CC3. The Kier molecular flexibility index (Phi) is 3.84. The summed E-state index contributed by atoms with van der Waals surface area (Å²) in [6, 6.07) is 2.75. The van der Waals surface area contributed by atoms with Gasteiger partial charge in [-0.15, -0.1) is 0 Å². The minimum atomic E-state index is -4.55. The van der Waals surface area contributed by atoms with Crippen molar-refractivity contribution in [3.8, 4) is 0 Å². The van der Waals surface area contributed by atoms with Crippen LogP contribution >= 0.6 is 0 Å². The third kappa shape index (κ3) is 2.55. The van der Waals surface area contributed by atoms with Gasteiger partial charge in [-0.3, -0.25) is 9.35 Å². The van der Waals surface area contributed by atoms with Gasteiger partial charge in [0.2, 0.25) is 5.91 Å². The monoisotopic (exact) mass is 352 g/mol. The van der Waals surface area contributed by atoms with Crippen molar-refractivity contribution < 1.29 is 27.3 Å². The van der Waals surface area contributed by atoms with Crippen LogP contribution in [0.15, 0.2) is 17.0 Å². The standard InChI is InChI=1S/C15H16N2O6S/c1-3-23-15(19)11-6-10-9-4-5-17(8(2)18)12(9)7-13(14(10)16-11)24(20,21)22/h6-7,16H,3-5H2,1-2H3,(H,20,21,22). The molecule has 1 aliphatic rings. The lowest BCUT2D eigenvalue weighted by Gasteiger charge is -2.15. The van der Waals surface area contributed by atoms with Crippen LogP contribution in [0.3, 0.4) is 0 Å². The average Bonchev–Trinajstić information content (AvgIpc) is 3.09. The highest BCUT2D eigenvalue weighted by atomic mass is 32.2. The van der Waals surface area contributed by atoms with E-state index in [1.54, 1.807) is 6.92 Å². The largest absolute Gasteiger partial charge is 0.461 e. The van der Waals surface area contributed by atoms with Gasteiger partial charge in [-0.1, -0.05) is 0 Å². The van der Waals surface area contributed by atoms with Crippen LogP contribution in [0.4, 0.5) is 5.69 Å². The number of hydrogen-bond donors (Lipinski definition) is 2. The minimum Gasteiger partial charge on any atom is -0.461 e. The molecule has 1 aromatic carbocycles. The number of H-pyrrole nitrogens is 1. The Morgan fingerprint density at radius 3 is 2.67 bits per heavy atom. The van der Waals surface area contributed by atoms with Gasteiger partial charge in [-0.05, 0) is 31.0 Å². The molecule has 24 heavy (non-hydrogen) atoms. The van der Waals surface area contributed by atoms with Crippen LogP contribution < -0.4 is 4.90 Å². The van der Waals surface area contributed by atoms with E-state index in [0.717, 1.165) is 5.56 Å². The summed E-state index contributed by atoms with van der Waals surface area (Å²) in [5.41, 5.74) is 1.40. The Labute approximate surface area is 138 Å². The number of carbonyl (C=O) groups excluding carboxylic acids is 2. The zero-order valence-electron chi connectivity index (χ0n) is 13.1. The Morgan fingerprint density at radius 2 is 2.08 bits per heavy atom. The van der Waals surface area contributed by atoms with E-state index >= 15 is 0 Å². The number of anilines is 1. The molecular weight excluding hydrogens is 336 g/mol. The molecule has 2 N–H and O–H groups in total. The van der Waals surface area contributed by atoms with Gasteiger partial charge in [-0.25, -0.2) is 4.79 Å². The summed E-state index contributed by atoms with van der Waals surface area (Å²) in [5, 5.41) is 0.479. The molecule has 0 aliphatic carbocycles. The quantitative estimate of drug-likeness (QED) is 0.639. The summed E-state index contributed by atoms with van der Waals surface area (Å²) in [6.45, 7) is 3.63. The summed E-state index contributed by atoms with van der Waals surface area (Å²) in [7, 11) is -4.55. The van der Waals surface area contributed by atoms with Gasteiger partial charge < -0.3 is 14.6 Å². The summed E-state index contributed by atoms with van der Waals surface area (Å²) >= 11 is 0. The van der Waals surface area contributed by atoms with Crippen molar-refractivity contribution in [2.45, 2.75) is 25.2 Å². The topological polar surface area (TPSA) is 117 Å². The Bertz CT molecular complexity index is 960. The number of ether oxygens (including phenoxy) is 1. The van der Waals surface area contributed by atoms with Crippen LogP contribution in [0.2, 0.25) is 0 Å². The molecule has 8 nitrogen and oxygen atoms in total. The molecule has 0 atom stereocenters. The number of nitrogens with zero attached hydrogens (tertiary/aromatic N) is 1. The number of fused-ring (bicyclic) bond motifs is 3. The van der Waals surface area contributed by atoms with Gasteiger partial charge in [0.15, 0.2) is 0 Å². The molecule has 0 unspecified atom stereocenters. The van der Waals surface area contributed by atoms with Crippen LogP contribution in [-0.2, 0) is 26.1 Å². The first kappa shape index (κ1) is 16.5. The Morgan fingerprint density at radius 1 is 1.38 bits per heavy atom. The molecule has 0 saturated heterocycles. The van der Waals surface area contributed by atoms with E-state index in [1.807, 2.05) is 0 Å². The number of esters is 1. The van der Waals surface area contributed by atoms with Gasteiger partial charge in [0, 0.05) is 24.5 Å². The maximum absolute atomic E-state index is 11.9. The van der Waals surface area contributed by atoms with Crippen molar-refractivity contribution in [2.24, 2.45) is 0 Å². The second-order valence-corrected chi connectivity index (χ2v) is 6.85. The maximum Gasteiger partial charge on any atom is 0.354 e. The van der Waals surface area contributed by atoms with Crippen LogP contribution in [0.5, 0.6) is 0 Å². The number of nitrogens with one attached hydrogen (secondary N) is 1. The highest BCUT2D eigenvalue weighted by molar-refractivity contribution is 7.86. The Hall–Kier alpha value is -2.39. The average molecular weight is 352 g/mol. The molecule has 0 fully saturated rings. The van der Waals surface area contributed by atoms with E-state index in [4.69, 9.17) is 4.74 Å². The minimum absolute atomic E-state index is 0.0893. The third-order valence-electron chi connectivity index (χ3n) is 4.00. The van der Waals surface area contributed by atoms with E-state index in [-0.39, 0.29) is 28.6 Å². The molecule has 9 heteroatoms. The van der Waals surface area contributed by atoms with Crippen molar-refractivity contribution >= 4 is 38.6 Å². The lowest BCUT2D eigenvalue weighted by Crippen LogP contribution is -2.25. The van der Waals surface area contributed by atoms with Crippen LogP contribution in [0.1, 0.15) is 29.9 Å². The molecule has 0 radical (unpaired) electrons. The van der Waals surface area contributed by atoms with Crippen molar-refractivity contribution in [1.29, 1.82) is 0 Å². The lowest BCUT2D eigenvalue weighted by atomic mass is 10.1. The predicted octanol–water partition coefficient (Wildman–Crippen LogP) is 1.50. The molecule has 0 bridgehead atoms. The molecular formula is C15H16N2O6S. The van der Waals surface area contributed by atoms with E-state index < -0.39 is 16.1 Å². The predicted molar refractivity (Wildman–Crippen MR) is 85.8 cm³/mol. The molecule has 1 aliphatic heterocycles. The summed E-state index contributed by atoms with van der Waals surface area (Å²) in [5.74, 6) is -0.847. The van der Waals surface area contributed by atoms with Gasteiger partial charge in [0.05, 0.1) is 12.1 Å². The van der Waals surface area contributed by atoms with Gasteiger partial charge in [-0.2, -0.15) is 8.42 Å². The molecule has 1 amide bonds. The van der Waals surface area contributed by atoms with Crippen molar-refractivity contribution in [3.63, 3.8) is 0 Å². The zero-order valence-corrected chi connectivity index (χ0v) is 13.9. The fourth-order valence-corrected chi connectivity index (χ4v) is 3.68. The number of aromatic amines is 1. The summed E-state index contributed by atoms with van der Waals surface area (Å²) in [6.07, 6.45) is 0.525. The lowest BCUT2D eigenvalue weighted by molar-refractivity contribution is -0.116. The first-order chi connectivity index (χ1) is 11.2. The zero-order chi connectivity index (χ0) is 17.6. The molecule has 1 aromatic heterocycles. The fourth-order valence-electron chi connectivity index (χ4n) is 3.01. The van der Waals surface area contributed by atoms with Gasteiger partial charge >= 0.3 is 5.97 Å². The number of benzene rings is 1. The van der Waals surface area contributed by atoms with Crippen molar-refractivity contribution in [1.82, 2.24) is 4.98 Å². The highest BCUT2D eigenvalue weighted by Gasteiger charge is 2.30. The maximum atomic E-state index is 11.9. The normalized spacial score (nSPS) is 14.0. The second kappa shape index (κ2) is 5.60.